The van der Waals surface area contributed by atoms with Gasteiger partial charge in [0.1, 0.15) is 6.33 Å². The van der Waals surface area contributed by atoms with E-state index >= 15 is 0 Å². The number of pyridine rings is 1. The van der Waals surface area contributed by atoms with Gasteiger partial charge in [-0.1, -0.05) is 48.5 Å². The number of nitrogens with zero attached hydrogens (tertiary/aromatic N) is 4. The minimum absolute atomic E-state index is 0.163. The second-order valence-corrected chi connectivity index (χ2v) is 8.31. The molecule has 5 heteroatoms. The molecule has 0 spiro atoms. The summed E-state index contributed by atoms with van der Waals surface area (Å²) in [5.41, 5.74) is 7.18. The molecule has 1 atom stereocenters. The lowest BCUT2D eigenvalue weighted by atomic mass is 9.91. The Morgan fingerprint density at radius 1 is 0.903 bits per heavy atom. The van der Waals surface area contributed by atoms with E-state index < -0.39 is 0 Å². The molecule has 6 rings (SSSR count). The monoisotopic (exact) mass is 405 g/mol. The first kappa shape index (κ1) is 18.2. The Hall–Kier alpha value is -3.54. The van der Waals surface area contributed by atoms with Gasteiger partial charge in [0.25, 0.3) is 0 Å². The maximum absolute atomic E-state index is 4.28. The van der Waals surface area contributed by atoms with E-state index in [0.717, 1.165) is 24.4 Å². The summed E-state index contributed by atoms with van der Waals surface area (Å²) in [4.78, 5) is 6.57. The van der Waals surface area contributed by atoms with Crippen LogP contribution in [0, 0.1) is 0 Å². The Balaban J connectivity index is 1.44. The highest BCUT2D eigenvalue weighted by atomic mass is 15.3. The zero-order chi connectivity index (χ0) is 20.8. The predicted octanol–water partition coefficient (Wildman–Crippen LogP) is 4.63. The molecule has 0 saturated heterocycles. The van der Waals surface area contributed by atoms with Crippen LogP contribution >= 0.6 is 0 Å². The van der Waals surface area contributed by atoms with Crippen molar-refractivity contribution in [1.82, 2.24) is 24.8 Å². The van der Waals surface area contributed by atoms with E-state index in [2.05, 4.69) is 94.1 Å². The molecule has 0 aliphatic carbocycles. The number of nitrogens with one attached hydrogen (secondary N) is 1. The molecule has 152 valence electrons. The van der Waals surface area contributed by atoms with E-state index in [1.165, 1.54) is 33.0 Å². The number of fused-ring (bicyclic) bond motifs is 3. The van der Waals surface area contributed by atoms with Gasteiger partial charge in [0.15, 0.2) is 5.65 Å². The first-order valence-electron chi connectivity index (χ1n) is 10.6. The number of aromatic nitrogens is 3. The summed E-state index contributed by atoms with van der Waals surface area (Å²) < 4.78 is 1.83. The van der Waals surface area contributed by atoms with Crippen molar-refractivity contribution in [3.8, 4) is 11.1 Å². The van der Waals surface area contributed by atoms with Gasteiger partial charge in [-0.3, -0.25) is 10.2 Å². The van der Waals surface area contributed by atoms with Gasteiger partial charge >= 0.3 is 0 Å². The molecule has 1 unspecified atom stereocenters. The van der Waals surface area contributed by atoms with Crippen LogP contribution in [0.5, 0.6) is 0 Å². The second-order valence-electron chi connectivity index (χ2n) is 8.31. The molecule has 0 radical (unpaired) electrons. The zero-order valence-corrected chi connectivity index (χ0v) is 17.4. The average molecular weight is 406 g/mol. The smallest absolute Gasteiger partial charge is 0.155 e. The Kier molecular flexibility index (Phi) is 4.30. The first-order valence-corrected chi connectivity index (χ1v) is 10.6. The molecule has 5 nitrogen and oxygen atoms in total. The van der Waals surface area contributed by atoms with E-state index in [-0.39, 0.29) is 6.04 Å². The molecule has 1 N–H and O–H groups in total. The Bertz CT molecular complexity index is 1400. The van der Waals surface area contributed by atoms with E-state index in [9.17, 15) is 0 Å². The van der Waals surface area contributed by atoms with Gasteiger partial charge in [-0.15, -0.1) is 0 Å². The van der Waals surface area contributed by atoms with Gasteiger partial charge in [0, 0.05) is 25.0 Å². The minimum atomic E-state index is 0.163. The molecule has 3 heterocycles. The van der Waals surface area contributed by atoms with Crippen molar-refractivity contribution in [2.75, 3.05) is 13.7 Å². The lowest BCUT2D eigenvalue weighted by Crippen LogP contribution is -2.30. The largest absolute Gasteiger partial charge is 0.293 e. The zero-order valence-electron chi connectivity index (χ0n) is 17.4. The molecule has 0 saturated carbocycles. The minimum Gasteiger partial charge on any atom is -0.293 e. The highest BCUT2D eigenvalue weighted by Gasteiger charge is 2.22. The molecular formula is C26H23N5. The Labute approximate surface area is 181 Å². The molecule has 1 aliphatic rings. The number of benzene rings is 3. The van der Waals surface area contributed by atoms with Gasteiger partial charge in [-0.05, 0) is 64.3 Å². The maximum Gasteiger partial charge on any atom is 0.155 e. The highest BCUT2D eigenvalue weighted by molar-refractivity contribution is 5.83. The summed E-state index contributed by atoms with van der Waals surface area (Å²) in [5, 5.41) is 10.6. The summed E-state index contributed by atoms with van der Waals surface area (Å²) >= 11 is 0. The average Bonchev–Trinajstić information content (AvgIpc) is 3.21. The fourth-order valence-corrected chi connectivity index (χ4v) is 4.58. The van der Waals surface area contributed by atoms with Crippen molar-refractivity contribution < 1.29 is 0 Å². The van der Waals surface area contributed by atoms with Crippen LogP contribution in [0.25, 0.3) is 27.5 Å². The van der Waals surface area contributed by atoms with Gasteiger partial charge < -0.3 is 0 Å². The summed E-state index contributed by atoms with van der Waals surface area (Å²) in [7, 11) is 2.16. The lowest BCUT2D eigenvalue weighted by molar-refractivity contribution is 0.303. The highest BCUT2D eigenvalue weighted by Crippen LogP contribution is 2.33. The third kappa shape index (κ3) is 3.28. The predicted molar refractivity (Wildman–Crippen MR) is 124 cm³/mol. The van der Waals surface area contributed by atoms with Crippen molar-refractivity contribution in [2.24, 2.45) is 0 Å². The van der Waals surface area contributed by atoms with Gasteiger partial charge in [-0.2, -0.15) is 5.10 Å². The molecule has 31 heavy (non-hydrogen) atoms. The normalized spacial score (nSPS) is 17.0. The van der Waals surface area contributed by atoms with E-state index in [1.54, 1.807) is 6.33 Å². The van der Waals surface area contributed by atoms with Crippen molar-refractivity contribution in [3.05, 3.63) is 102 Å². The summed E-state index contributed by atoms with van der Waals surface area (Å²) in [6.45, 7) is 1.75. The lowest BCUT2D eigenvalue weighted by Gasteiger charge is -2.20. The fourth-order valence-electron chi connectivity index (χ4n) is 4.58. The number of rotatable bonds is 2. The summed E-state index contributed by atoms with van der Waals surface area (Å²) in [6, 6.07) is 26.5. The number of hydrogen-bond donors (Lipinski definition) is 1. The van der Waals surface area contributed by atoms with Crippen molar-refractivity contribution in [1.29, 1.82) is 0 Å². The Morgan fingerprint density at radius 3 is 2.71 bits per heavy atom. The molecule has 0 amide bonds. The van der Waals surface area contributed by atoms with Crippen LogP contribution in [0.1, 0.15) is 22.7 Å². The third-order valence-electron chi connectivity index (χ3n) is 6.17. The van der Waals surface area contributed by atoms with Crippen molar-refractivity contribution >= 4 is 16.4 Å². The SMILES string of the molecule is CN1CNC(c2ccc3ccccc3c2)c2ccc(-c3ccc4ncnn4c3)cc2C1. The topological polar surface area (TPSA) is 45.5 Å². The van der Waals surface area contributed by atoms with E-state index in [4.69, 9.17) is 0 Å². The second kappa shape index (κ2) is 7.30. The van der Waals surface area contributed by atoms with Gasteiger partial charge in [0.05, 0.1) is 6.04 Å². The van der Waals surface area contributed by atoms with Crippen LogP contribution in [0.2, 0.25) is 0 Å². The van der Waals surface area contributed by atoms with Crippen molar-refractivity contribution in [3.63, 3.8) is 0 Å². The Morgan fingerprint density at radius 2 is 1.77 bits per heavy atom. The molecule has 2 aromatic heterocycles. The maximum atomic E-state index is 4.28. The van der Waals surface area contributed by atoms with Crippen LogP contribution in [0.3, 0.4) is 0 Å². The molecule has 3 aromatic carbocycles. The summed E-state index contributed by atoms with van der Waals surface area (Å²) in [6.07, 6.45) is 3.63. The van der Waals surface area contributed by atoms with Crippen LogP contribution < -0.4 is 5.32 Å². The van der Waals surface area contributed by atoms with Gasteiger partial charge in [0.2, 0.25) is 0 Å². The first-order chi connectivity index (χ1) is 15.2. The standard InChI is InChI=1S/C26H23N5/c1-30-14-23-13-20(22-9-11-25-27-16-29-31(25)15-22)8-10-24(23)26(28-17-30)21-7-6-18-4-2-3-5-19(18)12-21/h2-13,15-16,26,28H,14,17H2,1H3. The van der Waals surface area contributed by atoms with Crippen LogP contribution in [-0.4, -0.2) is 33.2 Å². The fraction of sp³-hybridized carbons (Fsp3) is 0.154. The van der Waals surface area contributed by atoms with E-state index in [1.807, 2.05) is 16.8 Å². The molecule has 5 aromatic rings. The quantitative estimate of drug-likeness (QED) is 0.465. The van der Waals surface area contributed by atoms with Crippen LogP contribution in [0.15, 0.2) is 85.3 Å². The van der Waals surface area contributed by atoms with Gasteiger partial charge in [-0.25, -0.2) is 9.50 Å². The molecule has 0 bridgehead atoms. The van der Waals surface area contributed by atoms with Crippen molar-refractivity contribution in [2.45, 2.75) is 12.6 Å². The van der Waals surface area contributed by atoms with Crippen LogP contribution in [0.4, 0.5) is 0 Å². The third-order valence-corrected chi connectivity index (χ3v) is 6.17. The molecule has 1 aliphatic heterocycles. The molecular weight excluding hydrogens is 382 g/mol. The van der Waals surface area contributed by atoms with E-state index in [0.29, 0.717) is 0 Å². The molecule has 0 fully saturated rings. The van der Waals surface area contributed by atoms with Crippen LogP contribution in [-0.2, 0) is 6.54 Å². The summed E-state index contributed by atoms with van der Waals surface area (Å²) in [5.74, 6) is 0. The number of hydrogen-bond acceptors (Lipinski definition) is 4.